The van der Waals surface area contributed by atoms with Gasteiger partial charge in [-0.1, -0.05) is 32.1 Å². The van der Waals surface area contributed by atoms with Crippen LogP contribution < -0.4 is 0 Å². The molecule has 0 amide bonds. The van der Waals surface area contributed by atoms with Crippen molar-refractivity contribution in [2.24, 2.45) is 0 Å². The topological polar surface area (TPSA) is 52.1 Å². The van der Waals surface area contributed by atoms with Crippen LogP contribution in [0.5, 0.6) is 0 Å². The van der Waals surface area contributed by atoms with Crippen LogP contribution in [0.4, 0.5) is 0 Å². The van der Waals surface area contributed by atoms with Crippen molar-refractivity contribution in [3.05, 3.63) is 23.8 Å². The molecule has 1 fully saturated rings. The average molecular weight is 262 g/mol. The van der Waals surface area contributed by atoms with Crippen LogP contribution >= 0.6 is 0 Å². The maximum Gasteiger partial charge on any atom is 0.357 e. The Morgan fingerprint density at radius 1 is 1.26 bits per heavy atom. The second-order valence-electron chi connectivity index (χ2n) is 5.06. The minimum absolute atomic E-state index is 0.350. The monoisotopic (exact) mass is 262 g/mol. The molecule has 0 aliphatic heterocycles. The number of ether oxygens (including phenoxy) is 1. The maximum atomic E-state index is 11.7. The van der Waals surface area contributed by atoms with Gasteiger partial charge in [0.15, 0.2) is 5.69 Å². The summed E-state index contributed by atoms with van der Waals surface area (Å²) in [5.74, 6) is 0.860. The van der Waals surface area contributed by atoms with E-state index < -0.39 is 0 Å². The molecule has 1 aliphatic rings. The van der Waals surface area contributed by atoms with E-state index in [1.165, 1.54) is 32.1 Å². The molecule has 4 heteroatoms. The number of esters is 1. The van der Waals surface area contributed by atoms with Gasteiger partial charge in [-0.3, -0.25) is 0 Å². The van der Waals surface area contributed by atoms with Crippen molar-refractivity contribution in [1.29, 1.82) is 0 Å². The Hall–Kier alpha value is -1.45. The van der Waals surface area contributed by atoms with Crippen LogP contribution in [-0.2, 0) is 4.74 Å². The van der Waals surface area contributed by atoms with Gasteiger partial charge >= 0.3 is 5.97 Å². The van der Waals surface area contributed by atoms with Crippen molar-refractivity contribution in [3.63, 3.8) is 0 Å². The van der Waals surface area contributed by atoms with Crippen molar-refractivity contribution in [1.82, 2.24) is 9.97 Å². The van der Waals surface area contributed by atoms with Gasteiger partial charge in [-0.15, -0.1) is 0 Å². The van der Waals surface area contributed by atoms with Crippen molar-refractivity contribution < 1.29 is 9.53 Å². The largest absolute Gasteiger partial charge is 0.461 e. The van der Waals surface area contributed by atoms with Crippen LogP contribution in [0.25, 0.3) is 0 Å². The molecule has 104 valence electrons. The Labute approximate surface area is 114 Å². The Balaban J connectivity index is 2.10. The fourth-order valence-electron chi connectivity index (χ4n) is 2.60. The molecule has 0 saturated heterocycles. The van der Waals surface area contributed by atoms with Crippen molar-refractivity contribution in [3.8, 4) is 0 Å². The molecule has 0 spiro atoms. The number of aromatic nitrogens is 2. The van der Waals surface area contributed by atoms with E-state index >= 15 is 0 Å². The van der Waals surface area contributed by atoms with E-state index in [4.69, 9.17) is 4.74 Å². The molecule has 1 heterocycles. The lowest BCUT2D eigenvalue weighted by molar-refractivity contribution is 0.0518. The van der Waals surface area contributed by atoms with E-state index in [0.717, 1.165) is 18.7 Å². The lowest BCUT2D eigenvalue weighted by atomic mass is 9.90. The minimum atomic E-state index is -0.350. The Morgan fingerprint density at radius 3 is 2.63 bits per heavy atom. The number of carbonyl (C=O) groups is 1. The highest BCUT2D eigenvalue weighted by atomic mass is 16.5. The van der Waals surface area contributed by atoms with Crippen molar-refractivity contribution >= 4 is 5.97 Å². The van der Waals surface area contributed by atoms with E-state index in [-0.39, 0.29) is 5.97 Å². The fourth-order valence-corrected chi connectivity index (χ4v) is 2.60. The molecule has 19 heavy (non-hydrogen) atoms. The molecule has 1 saturated carbocycles. The summed E-state index contributed by atoms with van der Waals surface area (Å²) in [6.07, 6.45) is 10.3. The van der Waals surface area contributed by atoms with E-state index in [1.54, 1.807) is 19.2 Å². The van der Waals surface area contributed by atoms with Crippen LogP contribution in [-0.4, -0.2) is 22.5 Å². The molecule has 1 aromatic rings. The van der Waals surface area contributed by atoms with Gasteiger partial charge in [-0.05, 0) is 25.8 Å². The van der Waals surface area contributed by atoms with E-state index in [0.29, 0.717) is 18.2 Å². The molecule has 0 radical (unpaired) electrons. The second-order valence-corrected chi connectivity index (χ2v) is 5.06. The first-order valence-electron chi connectivity index (χ1n) is 7.31. The molecule has 1 aliphatic carbocycles. The number of rotatable bonds is 3. The molecule has 0 unspecified atom stereocenters. The Bertz CT molecular complexity index is 412. The molecular formula is C15H22N2O2. The molecule has 0 N–H and O–H groups in total. The van der Waals surface area contributed by atoms with E-state index in [2.05, 4.69) is 9.97 Å². The van der Waals surface area contributed by atoms with Gasteiger partial charge in [-0.2, -0.15) is 0 Å². The third-order valence-corrected chi connectivity index (χ3v) is 3.63. The van der Waals surface area contributed by atoms with Crippen LogP contribution in [0.15, 0.2) is 12.3 Å². The zero-order valence-corrected chi connectivity index (χ0v) is 11.6. The first kappa shape index (κ1) is 14.0. The summed E-state index contributed by atoms with van der Waals surface area (Å²) in [5.41, 5.74) is 0.383. The Kier molecular flexibility index (Phi) is 5.31. The zero-order chi connectivity index (χ0) is 13.5. The third-order valence-electron chi connectivity index (χ3n) is 3.63. The summed E-state index contributed by atoms with van der Waals surface area (Å²) in [4.78, 5) is 20.5. The standard InChI is InChI=1S/C15H22N2O2/c1-2-19-15(18)13-10-11-16-14(17-13)12-8-6-4-3-5-7-9-12/h10-12H,2-9H2,1H3. The minimum Gasteiger partial charge on any atom is -0.461 e. The Morgan fingerprint density at radius 2 is 1.95 bits per heavy atom. The van der Waals surface area contributed by atoms with Gasteiger partial charge in [-0.25, -0.2) is 14.8 Å². The molecule has 0 bridgehead atoms. The first-order chi connectivity index (χ1) is 9.31. The molecule has 0 atom stereocenters. The molecular weight excluding hydrogens is 240 g/mol. The lowest BCUT2D eigenvalue weighted by Gasteiger charge is -2.18. The summed E-state index contributed by atoms with van der Waals surface area (Å²) in [6.45, 7) is 2.18. The fraction of sp³-hybridized carbons (Fsp3) is 0.667. The number of nitrogens with zero attached hydrogens (tertiary/aromatic N) is 2. The second kappa shape index (κ2) is 7.22. The maximum absolute atomic E-state index is 11.7. The first-order valence-corrected chi connectivity index (χ1v) is 7.31. The predicted molar refractivity (Wildman–Crippen MR) is 73.0 cm³/mol. The van der Waals surface area contributed by atoms with Crippen molar-refractivity contribution in [2.45, 2.75) is 57.8 Å². The van der Waals surface area contributed by atoms with Gasteiger partial charge in [0, 0.05) is 12.1 Å². The number of hydrogen-bond donors (Lipinski definition) is 0. The molecule has 2 rings (SSSR count). The normalized spacial score (nSPS) is 17.5. The number of hydrogen-bond acceptors (Lipinski definition) is 4. The van der Waals surface area contributed by atoms with Gasteiger partial charge in [0.05, 0.1) is 6.61 Å². The summed E-state index contributed by atoms with van der Waals surface area (Å²) in [6, 6.07) is 1.63. The SMILES string of the molecule is CCOC(=O)c1ccnc(C2CCCCCCC2)n1. The highest BCUT2D eigenvalue weighted by molar-refractivity contribution is 5.87. The van der Waals surface area contributed by atoms with Crippen molar-refractivity contribution in [2.75, 3.05) is 6.61 Å². The molecule has 1 aromatic heterocycles. The van der Waals surface area contributed by atoms with Crippen LogP contribution in [0, 0.1) is 0 Å². The van der Waals surface area contributed by atoms with Gasteiger partial charge < -0.3 is 4.74 Å². The van der Waals surface area contributed by atoms with Crippen LogP contribution in [0.1, 0.15) is 74.1 Å². The highest BCUT2D eigenvalue weighted by Crippen LogP contribution is 2.28. The van der Waals surface area contributed by atoms with Gasteiger partial charge in [0.2, 0.25) is 0 Å². The zero-order valence-electron chi connectivity index (χ0n) is 11.6. The highest BCUT2D eigenvalue weighted by Gasteiger charge is 2.18. The number of carbonyl (C=O) groups excluding carboxylic acids is 1. The lowest BCUT2D eigenvalue weighted by Crippen LogP contribution is -2.12. The third kappa shape index (κ3) is 4.01. The summed E-state index contributed by atoms with van der Waals surface area (Å²) in [5, 5.41) is 0. The van der Waals surface area contributed by atoms with Gasteiger partial charge in [0.1, 0.15) is 5.82 Å². The van der Waals surface area contributed by atoms with E-state index in [1.807, 2.05) is 0 Å². The van der Waals surface area contributed by atoms with Gasteiger partial charge in [0.25, 0.3) is 0 Å². The van der Waals surface area contributed by atoms with E-state index in [9.17, 15) is 4.79 Å². The summed E-state index contributed by atoms with van der Waals surface area (Å²) >= 11 is 0. The smallest absolute Gasteiger partial charge is 0.357 e. The predicted octanol–water partition coefficient (Wildman–Crippen LogP) is 3.48. The quantitative estimate of drug-likeness (QED) is 0.782. The van der Waals surface area contributed by atoms with Crippen LogP contribution in [0.3, 0.4) is 0 Å². The average Bonchev–Trinajstić information content (AvgIpc) is 2.39. The van der Waals surface area contributed by atoms with Crippen LogP contribution in [0.2, 0.25) is 0 Å². The summed E-state index contributed by atoms with van der Waals surface area (Å²) < 4.78 is 4.99. The molecule has 0 aromatic carbocycles. The summed E-state index contributed by atoms with van der Waals surface area (Å²) in [7, 11) is 0. The molecule has 4 nitrogen and oxygen atoms in total.